The fourth-order valence-electron chi connectivity index (χ4n) is 2.53. The van der Waals surface area contributed by atoms with E-state index in [0.717, 1.165) is 25.7 Å². The lowest BCUT2D eigenvalue weighted by Gasteiger charge is -2.26. The maximum Gasteiger partial charge on any atom is 0.109 e. The van der Waals surface area contributed by atoms with Crippen LogP contribution in [-0.2, 0) is 9.47 Å². The minimum Gasteiger partial charge on any atom is -0.379 e. The lowest BCUT2D eigenvalue weighted by Crippen LogP contribution is -2.46. The van der Waals surface area contributed by atoms with Gasteiger partial charge in [-0.25, -0.2) is 0 Å². The van der Waals surface area contributed by atoms with Crippen LogP contribution in [0.2, 0.25) is 0 Å². The number of rotatable bonds is 7. The molecule has 1 N–H and O–H groups in total. The van der Waals surface area contributed by atoms with Crippen LogP contribution in [0.25, 0.3) is 0 Å². The van der Waals surface area contributed by atoms with Crippen LogP contribution in [0.4, 0.5) is 0 Å². The maximum atomic E-state index is 9.39. The number of nitrogens with zero attached hydrogens (tertiary/aromatic N) is 1. The molecule has 0 saturated heterocycles. The number of nitriles is 1. The molecule has 2 atom stereocenters. The predicted molar refractivity (Wildman–Crippen MR) is 75.9 cm³/mol. The third kappa shape index (κ3) is 5.10. The van der Waals surface area contributed by atoms with Crippen molar-refractivity contribution >= 4 is 0 Å². The molecule has 0 aromatic heterocycles. The van der Waals surface area contributed by atoms with Crippen molar-refractivity contribution in [3.05, 3.63) is 0 Å². The molecule has 1 rings (SSSR count). The van der Waals surface area contributed by atoms with Crippen molar-refractivity contribution in [2.45, 2.75) is 76.7 Å². The summed E-state index contributed by atoms with van der Waals surface area (Å²) in [6.45, 7) is 8.97. The normalized spacial score (nSPS) is 27.7. The van der Waals surface area contributed by atoms with Gasteiger partial charge >= 0.3 is 0 Å². The van der Waals surface area contributed by atoms with Gasteiger partial charge in [0.15, 0.2) is 0 Å². The zero-order valence-electron chi connectivity index (χ0n) is 13.0. The molecule has 0 aromatic rings. The summed E-state index contributed by atoms with van der Waals surface area (Å²) < 4.78 is 11.3. The molecule has 110 valence electrons. The summed E-state index contributed by atoms with van der Waals surface area (Å²) in [7, 11) is 1.73. The molecule has 1 aliphatic carbocycles. The summed E-state index contributed by atoms with van der Waals surface area (Å²) in [5.74, 6) is 0. The Balaban J connectivity index is 2.38. The van der Waals surface area contributed by atoms with Gasteiger partial charge in [-0.2, -0.15) is 5.26 Å². The second-order valence-electron chi connectivity index (χ2n) is 6.44. The summed E-state index contributed by atoms with van der Waals surface area (Å²) >= 11 is 0. The average Bonchev–Trinajstić information content (AvgIpc) is 2.72. The lowest BCUT2D eigenvalue weighted by molar-refractivity contribution is -0.0261. The molecule has 1 aliphatic rings. The average molecular weight is 268 g/mol. The Hall–Kier alpha value is -0.630. The molecule has 0 radical (unpaired) electrons. The van der Waals surface area contributed by atoms with Crippen molar-refractivity contribution in [2.24, 2.45) is 0 Å². The first-order valence-corrected chi connectivity index (χ1v) is 7.18. The molecule has 1 saturated carbocycles. The number of hydrogen-bond donors (Lipinski definition) is 1. The Bertz CT molecular complexity index is 323. The van der Waals surface area contributed by atoms with Crippen LogP contribution >= 0.6 is 0 Å². The standard InChI is InChI=1S/C15H28N2O2/c1-12(2)17-15(11-16)7-6-13(10-15)19-9-8-14(3,4)18-5/h12-13,17H,6-10H2,1-5H3. The minimum atomic E-state index is -0.393. The second kappa shape index (κ2) is 6.69. The van der Waals surface area contributed by atoms with Gasteiger partial charge in [0.05, 0.1) is 17.8 Å². The molecule has 4 heteroatoms. The Morgan fingerprint density at radius 3 is 2.68 bits per heavy atom. The van der Waals surface area contributed by atoms with E-state index in [9.17, 15) is 5.26 Å². The van der Waals surface area contributed by atoms with E-state index in [1.54, 1.807) is 7.11 Å². The molecule has 2 unspecified atom stereocenters. The second-order valence-corrected chi connectivity index (χ2v) is 6.44. The largest absolute Gasteiger partial charge is 0.379 e. The zero-order valence-corrected chi connectivity index (χ0v) is 13.0. The highest BCUT2D eigenvalue weighted by Crippen LogP contribution is 2.32. The van der Waals surface area contributed by atoms with E-state index in [2.05, 4.69) is 39.1 Å². The Labute approximate surface area is 117 Å². The van der Waals surface area contributed by atoms with E-state index in [1.165, 1.54) is 0 Å². The minimum absolute atomic E-state index is 0.138. The van der Waals surface area contributed by atoms with Gasteiger partial charge < -0.3 is 9.47 Å². The summed E-state index contributed by atoms with van der Waals surface area (Å²) in [5, 5.41) is 12.8. The molecule has 0 amide bonds. The van der Waals surface area contributed by atoms with E-state index in [-0.39, 0.29) is 11.7 Å². The first kappa shape index (κ1) is 16.4. The zero-order chi connectivity index (χ0) is 14.5. The first-order chi connectivity index (χ1) is 8.82. The predicted octanol–water partition coefficient (Wildman–Crippen LogP) is 2.63. The highest BCUT2D eigenvalue weighted by atomic mass is 16.5. The molecule has 19 heavy (non-hydrogen) atoms. The first-order valence-electron chi connectivity index (χ1n) is 7.18. The monoisotopic (exact) mass is 268 g/mol. The van der Waals surface area contributed by atoms with Crippen LogP contribution in [0.3, 0.4) is 0 Å². The van der Waals surface area contributed by atoms with Gasteiger partial charge in [0.25, 0.3) is 0 Å². The number of hydrogen-bond acceptors (Lipinski definition) is 4. The summed E-state index contributed by atoms with van der Waals surface area (Å²) in [5.41, 5.74) is -0.531. The van der Waals surface area contributed by atoms with E-state index in [1.807, 2.05) is 0 Å². The third-order valence-electron chi connectivity index (χ3n) is 3.86. The lowest BCUT2D eigenvalue weighted by atomic mass is 9.98. The van der Waals surface area contributed by atoms with Gasteiger partial charge in [0, 0.05) is 26.2 Å². The number of methoxy groups -OCH3 is 1. The summed E-state index contributed by atoms with van der Waals surface area (Å²) in [4.78, 5) is 0. The Kier molecular flexibility index (Phi) is 5.79. The third-order valence-corrected chi connectivity index (χ3v) is 3.86. The van der Waals surface area contributed by atoms with Crippen LogP contribution in [-0.4, -0.2) is 37.0 Å². The highest BCUT2D eigenvalue weighted by Gasteiger charge is 2.40. The Morgan fingerprint density at radius 1 is 1.47 bits per heavy atom. The van der Waals surface area contributed by atoms with E-state index in [0.29, 0.717) is 12.6 Å². The van der Waals surface area contributed by atoms with Crippen LogP contribution in [0, 0.1) is 11.3 Å². The van der Waals surface area contributed by atoms with Crippen LogP contribution in [0.1, 0.15) is 53.4 Å². The topological polar surface area (TPSA) is 54.3 Å². The molecule has 0 aliphatic heterocycles. The molecule has 0 aromatic carbocycles. The van der Waals surface area contributed by atoms with Gasteiger partial charge in [0.1, 0.15) is 5.54 Å². The SMILES string of the molecule is COC(C)(C)CCOC1CCC(C#N)(NC(C)C)C1. The summed E-state index contributed by atoms with van der Waals surface area (Å²) in [6.07, 6.45) is 3.69. The van der Waals surface area contributed by atoms with Crippen LogP contribution < -0.4 is 5.32 Å². The van der Waals surface area contributed by atoms with Crippen LogP contribution in [0.15, 0.2) is 0 Å². The fourth-order valence-corrected chi connectivity index (χ4v) is 2.53. The molecule has 1 fully saturated rings. The van der Waals surface area contributed by atoms with Crippen LogP contribution in [0.5, 0.6) is 0 Å². The quantitative estimate of drug-likeness (QED) is 0.771. The van der Waals surface area contributed by atoms with Gasteiger partial charge in [-0.15, -0.1) is 0 Å². The molecular weight excluding hydrogens is 240 g/mol. The van der Waals surface area contributed by atoms with E-state index in [4.69, 9.17) is 9.47 Å². The van der Waals surface area contributed by atoms with Gasteiger partial charge in [-0.3, -0.25) is 5.32 Å². The molecule has 4 nitrogen and oxygen atoms in total. The number of nitrogens with one attached hydrogen (secondary N) is 1. The van der Waals surface area contributed by atoms with Crippen molar-refractivity contribution in [1.29, 1.82) is 5.26 Å². The van der Waals surface area contributed by atoms with Crippen molar-refractivity contribution in [2.75, 3.05) is 13.7 Å². The summed E-state index contributed by atoms with van der Waals surface area (Å²) in [6, 6.07) is 2.77. The smallest absolute Gasteiger partial charge is 0.109 e. The van der Waals surface area contributed by atoms with Gasteiger partial charge in [0.2, 0.25) is 0 Å². The highest BCUT2D eigenvalue weighted by molar-refractivity contribution is 5.12. The van der Waals surface area contributed by atoms with Gasteiger partial charge in [-0.05, 0) is 47.0 Å². The van der Waals surface area contributed by atoms with E-state index >= 15 is 0 Å². The van der Waals surface area contributed by atoms with Gasteiger partial charge in [-0.1, -0.05) is 0 Å². The van der Waals surface area contributed by atoms with Crippen molar-refractivity contribution in [3.63, 3.8) is 0 Å². The van der Waals surface area contributed by atoms with Crippen molar-refractivity contribution < 1.29 is 9.47 Å². The molecule has 0 spiro atoms. The maximum absolute atomic E-state index is 9.39. The number of ether oxygens (including phenoxy) is 2. The molecular formula is C15H28N2O2. The molecule has 0 heterocycles. The van der Waals surface area contributed by atoms with E-state index < -0.39 is 5.54 Å². The van der Waals surface area contributed by atoms with Crippen molar-refractivity contribution in [3.8, 4) is 6.07 Å². The van der Waals surface area contributed by atoms with Crippen molar-refractivity contribution in [1.82, 2.24) is 5.32 Å². The molecule has 0 bridgehead atoms. The fraction of sp³-hybridized carbons (Fsp3) is 0.933. The Morgan fingerprint density at radius 2 is 2.16 bits per heavy atom.